The fraction of sp³-hybridized carbons (Fsp3) is 0.381. The molecule has 1 aromatic heterocycles. The fourth-order valence-electron chi connectivity index (χ4n) is 3.43. The first-order valence-corrected chi connectivity index (χ1v) is 10.2. The summed E-state index contributed by atoms with van der Waals surface area (Å²) in [5.41, 5.74) is 6.03. The highest BCUT2D eigenvalue weighted by molar-refractivity contribution is 5.98. The van der Waals surface area contributed by atoms with Gasteiger partial charge in [-0.05, 0) is 37.6 Å². The number of aromatic nitrogens is 2. The van der Waals surface area contributed by atoms with E-state index in [4.69, 9.17) is 15.2 Å². The Hall–Kier alpha value is -4.14. The average Bonchev–Trinajstić information content (AvgIpc) is 3.22. The number of hydrogen-bond donors (Lipinski definition) is 2. The van der Waals surface area contributed by atoms with Gasteiger partial charge in [0.15, 0.2) is 12.4 Å². The molecular weight excluding hydrogens is 435 g/mol. The lowest BCUT2D eigenvalue weighted by Gasteiger charge is -2.34. The van der Waals surface area contributed by atoms with Crippen molar-refractivity contribution in [3.8, 4) is 6.07 Å². The number of anilines is 2. The highest BCUT2D eigenvalue weighted by Crippen LogP contribution is 2.30. The number of carbonyl (C=O) groups is 3. The van der Waals surface area contributed by atoms with Gasteiger partial charge in [0, 0.05) is 25.0 Å². The molecule has 0 bridgehead atoms. The minimum Gasteiger partial charge on any atom is -0.463 e. The number of benzene rings is 1. The number of halogens is 1. The molecule has 12 heteroatoms. The molecule has 11 nitrogen and oxygen atoms in total. The van der Waals surface area contributed by atoms with Crippen molar-refractivity contribution < 1.29 is 28.2 Å². The number of nitrogens with zero attached hydrogens (tertiary/aromatic N) is 4. The average molecular weight is 458 g/mol. The van der Waals surface area contributed by atoms with E-state index in [-0.39, 0.29) is 31.1 Å². The molecule has 1 fully saturated rings. The molecule has 1 saturated heterocycles. The highest BCUT2D eigenvalue weighted by atomic mass is 19.1. The first-order chi connectivity index (χ1) is 15.8. The lowest BCUT2D eigenvalue weighted by atomic mass is 9.93. The van der Waals surface area contributed by atoms with E-state index in [2.05, 4.69) is 16.5 Å². The molecule has 2 atom stereocenters. The third-order valence-corrected chi connectivity index (χ3v) is 5.07. The van der Waals surface area contributed by atoms with E-state index in [9.17, 15) is 24.0 Å². The summed E-state index contributed by atoms with van der Waals surface area (Å²) in [6, 6.07) is 7.04. The van der Waals surface area contributed by atoms with E-state index in [0.717, 1.165) is 0 Å². The van der Waals surface area contributed by atoms with Gasteiger partial charge in [-0.1, -0.05) is 0 Å². The van der Waals surface area contributed by atoms with Gasteiger partial charge in [-0.25, -0.2) is 14.0 Å². The summed E-state index contributed by atoms with van der Waals surface area (Å²) in [5.74, 6) is -2.20. The van der Waals surface area contributed by atoms with Gasteiger partial charge in [-0.15, -0.1) is 0 Å². The number of nitrogens with two attached hydrogens (primary N) is 1. The number of primary amides is 1. The summed E-state index contributed by atoms with van der Waals surface area (Å²) in [4.78, 5) is 37.2. The third kappa shape index (κ3) is 5.76. The predicted octanol–water partition coefficient (Wildman–Crippen LogP) is 1.95. The topological polar surface area (TPSA) is 153 Å². The van der Waals surface area contributed by atoms with Crippen LogP contribution in [-0.2, 0) is 14.3 Å². The van der Waals surface area contributed by atoms with Gasteiger partial charge in [-0.2, -0.15) is 10.4 Å². The number of hydrogen-bond acceptors (Lipinski definition) is 8. The number of ether oxygens (including phenoxy) is 2. The van der Waals surface area contributed by atoms with Gasteiger partial charge < -0.3 is 25.4 Å². The molecule has 2 amide bonds. The Bertz CT molecular complexity index is 1060. The van der Waals surface area contributed by atoms with Crippen molar-refractivity contribution in [2.75, 3.05) is 31.6 Å². The molecule has 1 aromatic carbocycles. The monoisotopic (exact) mass is 458 g/mol. The van der Waals surface area contributed by atoms with Crippen LogP contribution >= 0.6 is 0 Å². The molecular formula is C21H23FN6O5. The fourth-order valence-corrected chi connectivity index (χ4v) is 3.43. The molecule has 0 unspecified atom stereocenters. The maximum atomic E-state index is 13.2. The van der Waals surface area contributed by atoms with Crippen LogP contribution in [0, 0.1) is 23.1 Å². The summed E-state index contributed by atoms with van der Waals surface area (Å²) < 4.78 is 24.3. The SMILES string of the molecule is CCOC(=O)COC(=O)N1CC[C@H](C#N)[C@@H](n2cc(C(N)=O)c(Nc3ccc(F)cc3)n2)C1. The maximum Gasteiger partial charge on any atom is 0.410 e. The van der Waals surface area contributed by atoms with E-state index in [0.29, 0.717) is 12.1 Å². The van der Waals surface area contributed by atoms with Gasteiger partial charge in [0.25, 0.3) is 5.91 Å². The van der Waals surface area contributed by atoms with Crippen LogP contribution < -0.4 is 11.1 Å². The summed E-state index contributed by atoms with van der Waals surface area (Å²) in [6.07, 6.45) is 1.01. The Kier molecular flexibility index (Phi) is 7.45. The smallest absolute Gasteiger partial charge is 0.410 e. The zero-order chi connectivity index (χ0) is 24.0. The maximum absolute atomic E-state index is 13.2. The quantitative estimate of drug-likeness (QED) is 0.597. The summed E-state index contributed by atoms with van der Waals surface area (Å²) >= 11 is 0. The Morgan fingerprint density at radius 3 is 2.67 bits per heavy atom. The molecule has 3 N–H and O–H groups in total. The number of nitriles is 1. The summed E-state index contributed by atoms with van der Waals surface area (Å²) in [6.45, 7) is 1.61. The standard InChI is InChI=1S/C21H23FN6O5/c1-2-32-18(29)12-33-21(31)27-8-7-13(9-23)17(11-27)28-10-16(19(24)30)20(26-28)25-15-5-3-14(22)4-6-15/h3-6,10,13,17H,2,7-8,11-12H2,1H3,(H2,24,30)(H,25,26)/t13-,17+/m1/s1. The summed E-state index contributed by atoms with van der Waals surface area (Å²) in [7, 11) is 0. The van der Waals surface area contributed by atoms with E-state index in [1.807, 2.05) is 0 Å². The first kappa shape index (κ1) is 23.5. The van der Waals surface area contributed by atoms with Gasteiger partial charge >= 0.3 is 12.1 Å². The Morgan fingerprint density at radius 2 is 2.03 bits per heavy atom. The van der Waals surface area contributed by atoms with Gasteiger partial charge in [-0.3, -0.25) is 9.48 Å². The van der Waals surface area contributed by atoms with Crippen LogP contribution in [0.15, 0.2) is 30.5 Å². The zero-order valence-electron chi connectivity index (χ0n) is 17.9. The van der Waals surface area contributed by atoms with Gasteiger partial charge in [0.2, 0.25) is 0 Å². The number of nitrogens with one attached hydrogen (secondary N) is 1. The van der Waals surface area contributed by atoms with Crippen molar-refractivity contribution in [1.82, 2.24) is 14.7 Å². The van der Waals surface area contributed by atoms with Crippen molar-refractivity contribution in [1.29, 1.82) is 5.26 Å². The van der Waals surface area contributed by atoms with Crippen molar-refractivity contribution in [2.45, 2.75) is 19.4 Å². The molecule has 0 aliphatic carbocycles. The van der Waals surface area contributed by atoms with Crippen LogP contribution in [0.2, 0.25) is 0 Å². The van der Waals surface area contributed by atoms with E-state index >= 15 is 0 Å². The first-order valence-electron chi connectivity index (χ1n) is 10.2. The molecule has 0 saturated carbocycles. The molecule has 0 radical (unpaired) electrons. The minimum atomic E-state index is -0.749. The van der Waals surface area contributed by atoms with Crippen LogP contribution in [-0.4, -0.2) is 59.0 Å². The number of rotatable bonds is 7. The lowest BCUT2D eigenvalue weighted by molar-refractivity contribution is -0.146. The van der Waals surface area contributed by atoms with E-state index in [1.54, 1.807) is 6.92 Å². The molecule has 2 aromatic rings. The molecule has 33 heavy (non-hydrogen) atoms. The van der Waals surface area contributed by atoms with Crippen LogP contribution in [0.1, 0.15) is 29.7 Å². The normalized spacial score (nSPS) is 17.7. The van der Waals surface area contributed by atoms with Crippen molar-refractivity contribution in [3.63, 3.8) is 0 Å². The predicted molar refractivity (Wildman–Crippen MR) is 113 cm³/mol. The number of esters is 1. The third-order valence-electron chi connectivity index (χ3n) is 5.07. The number of likely N-dealkylation sites (tertiary alicyclic amines) is 1. The van der Waals surface area contributed by atoms with Crippen LogP contribution in [0.25, 0.3) is 0 Å². The number of piperidine rings is 1. The van der Waals surface area contributed by atoms with Crippen molar-refractivity contribution in [3.05, 3.63) is 41.8 Å². The molecule has 1 aliphatic heterocycles. The number of amides is 2. The molecule has 174 valence electrons. The largest absolute Gasteiger partial charge is 0.463 e. The van der Waals surface area contributed by atoms with Gasteiger partial charge in [0.1, 0.15) is 11.4 Å². The molecule has 3 rings (SSSR count). The van der Waals surface area contributed by atoms with E-state index < -0.39 is 42.4 Å². The highest BCUT2D eigenvalue weighted by Gasteiger charge is 2.35. The molecule has 2 heterocycles. The van der Waals surface area contributed by atoms with Crippen LogP contribution in [0.5, 0.6) is 0 Å². The second-order valence-corrected chi connectivity index (χ2v) is 7.26. The van der Waals surface area contributed by atoms with E-state index in [1.165, 1.54) is 40.0 Å². The van der Waals surface area contributed by atoms with Crippen LogP contribution in [0.4, 0.5) is 20.7 Å². The Morgan fingerprint density at radius 1 is 1.30 bits per heavy atom. The zero-order valence-corrected chi connectivity index (χ0v) is 17.9. The molecule has 1 aliphatic rings. The second kappa shape index (κ2) is 10.4. The summed E-state index contributed by atoms with van der Waals surface area (Å²) in [5, 5.41) is 16.9. The minimum absolute atomic E-state index is 0.0652. The van der Waals surface area contributed by atoms with Crippen LogP contribution in [0.3, 0.4) is 0 Å². The van der Waals surface area contributed by atoms with Gasteiger partial charge in [0.05, 0.1) is 24.6 Å². The number of carbonyl (C=O) groups excluding carboxylic acids is 3. The Balaban J connectivity index is 1.79. The second-order valence-electron chi connectivity index (χ2n) is 7.26. The van der Waals surface area contributed by atoms with Crippen molar-refractivity contribution in [2.24, 2.45) is 11.7 Å². The lowest BCUT2D eigenvalue weighted by Crippen LogP contribution is -2.45. The van der Waals surface area contributed by atoms with Crippen molar-refractivity contribution >= 4 is 29.5 Å². The molecule has 0 spiro atoms. The Labute approximate surface area is 188 Å².